The van der Waals surface area contributed by atoms with E-state index in [0.717, 1.165) is 0 Å². The van der Waals surface area contributed by atoms with Gasteiger partial charge in [-0.2, -0.15) is 13.2 Å². The monoisotopic (exact) mass is 253 g/mol. The van der Waals surface area contributed by atoms with Crippen molar-refractivity contribution in [2.75, 3.05) is 0 Å². The standard InChI is InChI=1S/C5H7N3O.C4H7F3O/c6-5(9)4-1-2-7-8-3-4;1-2-3(8)4(5,6)7/h1-3,7-8H,(H2,6,9);3,8H,2H2,1H3. The summed E-state index contributed by atoms with van der Waals surface area (Å²) in [6.45, 7) is 1.28. The molecule has 5 N–H and O–H groups in total. The van der Waals surface area contributed by atoms with Crippen LogP contribution in [0.3, 0.4) is 0 Å². The Bertz CT molecular complexity index is 313. The molecule has 8 heteroatoms. The van der Waals surface area contributed by atoms with E-state index < -0.39 is 18.2 Å². The molecule has 0 aliphatic carbocycles. The third kappa shape index (κ3) is 6.46. The average molecular weight is 253 g/mol. The highest BCUT2D eigenvalue weighted by Crippen LogP contribution is 2.21. The predicted octanol–water partition coefficient (Wildman–Crippen LogP) is 0.297. The van der Waals surface area contributed by atoms with Crippen molar-refractivity contribution in [3.63, 3.8) is 0 Å². The van der Waals surface area contributed by atoms with Gasteiger partial charge in [0.15, 0.2) is 0 Å². The van der Waals surface area contributed by atoms with Crippen LogP contribution in [0, 0.1) is 0 Å². The van der Waals surface area contributed by atoms with Gasteiger partial charge in [-0.05, 0) is 12.5 Å². The molecule has 98 valence electrons. The summed E-state index contributed by atoms with van der Waals surface area (Å²) in [5, 5.41) is 8.07. The topological polar surface area (TPSA) is 87.4 Å². The van der Waals surface area contributed by atoms with E-state index in [4.69, 9.17) is 10.8 Å². The molecule has 1 rings (SSSR count). The first-order valence-corrected chi connectivity index (χ1v) is 4.71. The second-order valence-corrected chi connectivity index (χ2v) is 3.05. The van der Waals surface area contributed by atoms with Crippen molar-refractivity contribution in [3.8, 4) is 0 Å². The van der Waals surface area contributed by atoms with Crippen molar-refractivity contribution in [2.45, 2.75) is 25.6 Å². The summed E-state index contributed by atoms with van der Waals surface area (Å²) in [5.41, 5.74) is 10.7. The summed E-state index contributed by atoms with van der Waals surface area (Å²) in [5.74, 6) is -0.430. The quantitative estimate of drug-likeness (QED) is 0.570. The number of hydrogen-bond donors (Lipinski definition) is 4. The first-order valence-electron chi connectivity index (χ1n) is 4.71. The van der Waals surface area contributed by atoms with Gasteiger partial charge in [0.25, 0.3) is 0 Å². The zero-order valence-electron chi connectivity index (χ0n) is 9.08. The van der Waals surface area contributed by atoms with Gasteiger partial charge >= 0.3 is 6.18 Å². The zero-order chi connectivity index (χ0) is 13.5. The number of alkyl halides is 3. The molecular weight excluding hydrogens is 239 g/mol. The number of aliphatic hydroxyl groups is 1. The lowest BCUT2D eigenvalue weighted by Gasteiger charge is -2.10. The van der Waals surface area contributed by atoms with Gasteiger partial charge in [0, 0.05) is 12.4 Å². The van der Waals surface area contributed by atoms with Crippen molar-refractivity contribution in [1.29, 1.82) is 0 Å². The second kappa shape index (κ2) is 6.79. The Morgan fingerprint density at radius 1 is 1.53 bits per heavy atom. The molecule has 0 aromatic carbocycles. The maximum absolute atomic E-state index is 11.2. The molecule has 1 heterocycles. The molecule has 0 aromatic heterocycles. The summed E-state index contributed by atoms with van der Waals surface area (Å²) < 4.78 is 33.6. The number of rotatable bonds is 2. The number of aliphatic hydroxyl groups excluding tert-OH is 1. The fourth-order valence-electron chi connectivity index (χ4n) is 0.732. The Hall–Kier alpha value is -1.70. The Balaban J connectivity index is 0.000000304. The fraction of sp³-hybridized carbons (Fsp3) is 0.444. The zero-order valence-corrected chi connectivity index (χ0v) is 9.08. The van der Waals surface area contributed by atoms with Crippen LogP contribution in [-0.2, 0) is 4.79 Å². The highest BCUT2D eigenvalue weighted by molar-refractivity contribution is 5.94. The Morgan fingerprint density at radius 3 is 2.29 bits per heavy atom. The minimum absolute atomic E-state index is 0.274. The van der Waals surface area contributed by atoms with Crippen LogP contribution in [0.25, 0.3) is 0 Å². The van der Waals surface area contributed by atoms with Crippen LogP contribution in [0.1, 0.15) is 13.3 Å². The van der Waals surface area contributed by atoms with E-state index in [2.05, 4.69) is 10.9 Å². The maximum Gasteiger partial charge on any atom is 0.414 e. The molecule has 0 saturated heterocycles. The maximum atomic E-state index is 11.2. The van der Waals surface area contributed by atoms with Crippen LogP contribution >= 0.6 is 0 Å². The van der Waals surface area contributed by atoms with Crippen molar-refractivity contribution >= 4 is 5.91 Å². The Morgan fingerprint density at radius 2 is 2.12 bits per heavy atom. The van der Waals surface area contributed by atoms with Gasteiger partial charge in [0.05, 0.1) is 5.57 Å². The first-order chi connectivity index (χ1) is 7.79. The summed E-state index contributed by atoms with van der Waals surface area (Å²) in [6.07, 6.45) is -2.16. The molecule has 1 aliphatic heterocycles. The van der Waals surface area contributed by atoms with Crippen LogP contribution in [0.2, 0.25) is 0 Å². The number of hydrogen-bond acceptors (Lipinski definition) is 4. The van der Waals surface area contributed by atoms with Gasteiger partial charge in [0.1, 0.15) is 6.10 Å². The van der Waals surface area contributed by atoms with E-state index in [9.17, 15) is 18.0 Å². The number of nitrogens with two attached hydrogens (primary N) is 1. The highest BCUT2D eigenvalue weighted by atomic mass is 19.4. The molecule has 1 unspecified atom stereocenters. The molecule has 0 fully saturated rings. The fourth-order valence-corrected chi connectivity index (χ4v) is 0.732. The van der Waals surface area contributed by atoms with E-state index in [1.165, 1.54) is 13.1 Å². The lowest BCUT2D eigenvalue weighted by molar-refractivity contribution is -0.204. The largest absolute Gasteiger partial charge is 0.414 e. The number of halogens is 3. The van der Waals surface area contributed by atoms with Crippen molar-refractivity contribution < 1.29 is 23.1 Å². The van der Waals surface area contributed by atoms with Crippen LogP contribution in [0.5, 0.6) is 0 Å². The third-order valence-corrected chi connectivity index (χ3v) is 1.71. The molecule has 0 bridgehead atoms. The van der Waals surface area contributed by atoms with Gasteiger partial charge in [-0.1, -0.05) is 6.92 Å². The number of hydrazine groups is 1. The summed E-state index contributed by atoms with van der Waals surface area (Å²) in [7, 11) is 0. The van der Waals surface area contributed by atoms with Gasteiger partial charge in [-0.15, -0.1) is 0 Å². The second-order valence-electron chi connectivity index (χ2n) is 3.05. The minimum atomic E-state index is -4.44. The van der Waals surface area contributed by atoms with Crippen LogP contribution in [0.15, 0.2) is 24.0 Å². The van der Waals surface area contributed by atoms with Crippen molar-refractivity contribution in [2.24, 2.45) is 5.73 Å². The van der Waals surface area contributed by atoms with E-state index in [1.807, 2.05) is 0 Å². The predicted molar refractivity (Wildman–Crippen MR) is 55.0 cm³/mol. The molecule has 1 aliphatic rings. The van der Waals surface area contributed by atoms with E-state index in [0.29, 0.717) is 5.57 Å². The SMILES string of the molecule is CCC(O)C(F)(F)F.NC(=O)C1=CNNC=C1. The molecule has 0 aromatic rings. The molecule has 0 saturated carbocycles. The van der Waals surface area contributed by atoms with Crippen molar-refractivity contribution in [3.05, 3.63) is 24.0 Å². The van der Waals surface area contributed by atoms with E-state index in [1.54, 1.807) is 12.3 Å². The molecule has 1 amide bonds. The number of primary amides is 1. The molecule has 17 heavy (non-hydrogen) atoms. The third-order valence-electron chi connectivity index (χ3n) is 1.71. The minimum Gasteiger partial charge on any atom is -0.384 e. The van der Waals surface area contributed by atoms with Crippen LogP contribution in [0.4, 0.5) is 13.2 Å². The van der Waals surface area contributed by atoms with E-state index >= 15 is 0 Å². The normalized spacial score (nSPS) is 15.7. The molecular formula is C9H14F3N3O2. The molecule has 0 spiro atoms. The smallest absolute Gasteiger partial charge is 0.384 e. The van der Waals surface area contributed by atoms with Gasteiger partial charge in [0.2, 0.25) is 5.91 Å². The molecule has 1 atom stereocenters. The van der Waals surface area contributed by atoms with Gasteiger partial charge in [-0.25, -0.2) is 0 Å². The van der Waals surface area contributed by atoms with Crippen LogP contribution < -0.4 is 16.6 Å². The average Bonchev–Trinajstić information content (AvgIpc) is 2.28. The lowest BCUT2D eigenvalue weighted by Crippen LogP contribution is -2.27. The summed E-state index contributed by atoms with van der Waals surface area (Å²) >= 11 is 0. The highest BCUT2D eigenvalue weighted by Gasteiger charge is 2.36. The van der Waals surface area contributed by atoms with Crippen LogP contribution in [-0.4, -0.2) is 23.3 Å². The van der Waals surface area contributed by atoms with E-state index in [-0.39, 0.29) is 6.42 Å². The number of carbonyl (C=O) groups is 1. The Kier molecular flexibility index (Phi) is 6.11. The lowest BCUT2D eigenvalue weighted by atomic mass is 10.2. The Labute approximate surface area is 96.1 Å². The number of carbonyl (C=O) groups excluding carboxylic acids is 1. The molecule has 5 nitrogen and oxygen atoms in total. The number of nitrogens with one attached hydrogen (secondary N) is 2. The number of amides is 1. The first kappa shape index (κ1) is 15.3. The van der Waals surface area contributed by atoms with Gasteiger partial charge < -0.3 is 21.7 Å². The van der Waals surface area contributed by atoms with Crippen molar-refractivity contribution in [1.82, 2.24) is 10.9 Å². The van der Waals surface area contributed by atoms with Gasteiger partial charge in [-0.3, -0.25) is 4.79 Å². The summed E-state index contributed by atoms with van der Waals surface area (Å²) in [4.78, 5) is 10.4. The summed E-state index contributed by atoms with van der Waals surface area (Å²) in [6, 6.07) is 0. The molecule has 0 radical (unpaired) electrons.